The third-order valence-corrected chi connectivity index (χ3v) is 3.27. The first-order valence-electron chi connectivity index (χ1n) is 6.71. The number of urea groups is 1. The van der Waals surface area contributed by atoms with Gasteiger partial charge < -0.3 is 15.0 Å². The molecule has 0 bridgehead atoms. The molecule has 6 heteroatoms. The van der Waals surface area contributed by atoms with Crippen LogP contribution >= 0.6 is 11.6 Å². The number of likely N-dealkylation sites (N-methyl/N-ethyl adjacent to an activating group) is 1. The maximum atomic E-state index is 12.9. The second kappa shape index (κ2) is 7.66. The van der Waals surface area contributed by atoms with E-state index in [1.165, 1.54) is 17.0 Å². The lowest BCUT2D eigenvalue weighted by atomic mass is 10.3. The lowest BCUT2D eigenvalue weighted by Crippen LogP contribution is -2.34. The van der Waals surface area contributed by atoms with Crippen molar-refractivity contribution in [1.29, 1.82) is 0 Å². The zero-order valence-electron chi connectivity index (χ0n) is 12.1. The van der Waals surface area contributed by atoms with Crippen LogP contribution in [0.25, 0.3) is 0 Å². The van der Waals surface area contributed by atoms with Crippen molar-refractivity contribution in [1.82, 2.24) is 4.90 Å². The Balaban J connectivity index is 1.82. The Hall–Kier alpha value is -2.27. The van der Waals surface area contributed by atoms with Crippen LogP contribution in [0.3, 0.4) is 0 Å². The SMILES string of the molecule is CN(CCOc1ccccc1)C(=O)Nc1ccc(F)cc1Cl. The van der Waals surface area contributed by atoms with Gasteiger partial charge in [-0.15, -0.1) is 0 Å². The molecule has 0 saturated heterocycles. The highest BCUT2D eigenvalue weighted by Crippen LogP contribution is 2.22. The molecular weight excluding hydrogens is 307 g/mol. The van der Waals surface area contributed by atoms with E-state index in [4.69, 9.17) is 16.3 Å². The normalized spacial score (nSPS) is 10.1. The molecule has 0 aliphatic heterocycles. The predicted molar refractivity (Wildman–Crippen MR) is 85.0 cm³/mol. The first-order valence-corrected chi connectivity index (χ1v) is 7.09. The van der Waals surface area contributed by atoms with Crippen molar-refractivity contribution in [2.75, 3.05) is 25.5 Å². The maximum absolute atomic E-state index is 12.9. The zero-order chi connectivity index (χ0) is 15.9. The molecule has 0 aliphatic rings. The number of rotatable bonds is 5. The molecule has 116 valence electrons. The summed E-state index contributed by atoms with van der Waals surface area (Å²) < 4.78 is 18.5. The number of carbonyl (C=O) groups excluding carboxylic acids is 1. The minimum absolute atomic E-state index is 0.155. The monoisotopic (exact) mass is 322 g/mol. The molecule has 2 amide bonds. The lowest BCUT2D eigenvalue weighted by Gasteiger charge is -2.18. The largest absolute Gasteiger partial charge is 0.492 e. The summed E-state index contributed by atoms with van der Waals surface area (Å²) >= 11 is 5.86. The minimum Gasteiger partial charge on any atom is -0.492 e. The van der Waals surface area contributed by atoms with Gasteiger partial charge in [-0.1, -0.05) is 29.8 Å². The summed E-state index contributed by atoms with van der Waals surface area (Å²) in [7, 11) is 1.64. The average Bonchev–Trinajstić information content (AvgIpc) is 2.51. The highest BCUT2D eigenvalue weighted by molar-refractivity contribution is 6.33. The molecule has 0 spiro atoms. The van der Waals surface area contributed by atoms with E-state index >= 15 is 0 Å². The van der Waals surface area contributed by atoms with Gasteiger partial charge in [-0.25, -0.2) is 9.18 Å². The fraction of sp³-hybridized carbons (Fsp3) is 0.188. The molecule has 0 saturated carbocycles. The molecule has 0 aliphatic carbocycles. The molecule has 0 atom stereocenters. The van der Waals surface area contributed by atoms with Crippen LogP contribution in [0.5, 0.6) is 5.75 Å². The fourth-order valence-electron chi connectivity index (χ4n) is 1.72. The molecule has 0 heterocycles. The molecule has 0 fully saturated rings. The van der Waals surface area contributed by atoms with Crippen molar-refractivity contribution >= 4 is 23.3 Å². The van der Waals surface area contributed by atoms with E-state index < -0.39 is 5.82 Å². The Bertz CT molecular complexity index is 637. The van der Waals surface area contributed by atoms with Crippen LogP contribution in [0.1, 0.15) is 0 Å². The highest BCUT2D eigenvalue weighted by atomic mass is 35.5. The van der Waals surface area contributed by atoms with Gasteiger partial charge >= 0.3 is 6.03 Å². The van der Waals surface area contributed by atoms with Gasteiger partial charge in [-0.05, 0) is 30.3 Å². The van der Waals surface area contributed by atoms with E-state index in [1.807, 2.05) is 30.3 Å². The number of hydrogen-bond donors (Lipinski definition) is 1. The van der Waals surface area contributed by atoms with E-state index in [2.05, 4.69) is 5.32 Å². The van der Waals surface area contributed by atoms with E-state index in [9.17, 15) is 9.18 Å². The number of para-hydroxylation sites is 1. The molecule has 2 aromatic rings. The van der Waals surface area contributed by atoms with Gasteiger partial charge in [0.2, 0.25) is 0 Å². The minimum atomic E-state index is -0.451. The number of halogens is 2. The van der Waals surface area contributed by atoms with E-state index in [0.29, 0.717) is 18.8 Å². The van der Waals surface area contributed by atoms with Crippen LogP contribution in [0, 0.1) is 5.82 Å². The number of amides is 2. The Kier molecular flexibility index (Phi) is 5.61. The fourth-order valence-corrected chi connectivity index (χ4v) is 1.93. The quantitative estimate of drug-likeness (QED) is 0.903. The number of benzene rings is 2. The molecule has 22 heavy (non-hydrogen) atoms. The Morgan fingerprint density at radius 2 is 2.00 bits per heavy atom. The summed E-state index contributed by atoms with van der Waals surface area (Å²) in [6.45, 7) is 0.768. The molecule has 2 rings (SSSR count). The van der Waals surface area contributed by atoms with Gasteiger partial charge in [-0.2, -0.15) is 0 Å². The first kappa shape index (κ1) is 16.1. The number of nitrogens with zero attached hydrogens (tertiary/aromatic N) is 1. The molecular formula is C16H16ClFN2O2. The summed E-state index contributed by atoms with van der Waals surface area (Å²) in [5, 5.41) is 2.77. The molecule has 1 N–H and O–H groups in total. The van der Waals surface area contributed by atoms with Gasteiger partial charge in [-0.3, -0.25) is 0 Å². The van der Waals surface area contributed by atoms with Crippen LogP contribution in [0.2, 0.25) is 5.02 Å². The lowest BCUT2D eigenvalue weighted by molar-refractivity contribution is 0.207. The Morgan fingerprint density at radius 3 is 2.68 bits per heavy atom. The van der Waals surface area contributed by atoms with Gasteiger partial charge in [0, 0.05) is 7.05 Å². The maximum Gasteiger partial charge on any atom is 0.321 e. The topological polar surface area (TPSA) is 41.6 Å². The number of anilines is 1. The summed E-state index contributed by atoms with van der Waals surface area (Å²) in [6.07, 6.45) is 0. The average molecular weight is 323 g/mol. The zero-order valence-corrected chi connectivity index (χ0v) is 12.8. The van der Waals surface area contributed by atoms with Gasteiger partial charge in [0.1, 0.15) is 18.2 Å². The predicted octanol–water partition coefficient (Wildman–Crippen LogP) is 4.02. The van der Waals surface area contributed by atoms with Crippen LogP contribution in [0.4, 0.5) is 14.9 Å². The number of nitrogens with one attached hydrogen (secondary N) is 1. The molecule has 4 nitrogen and oxygen atoms in total. The van der Waals surface area contributed by atoms with E-state index in [0.717, 1.165) is 11.8 Å². The van der Waals surface area contributed by atoms with Crippen molar-refractivity contribution < 1.29 is 13.9 Å². The van der Waals surface area contributed by atoms with Crippen molar-refractivity contribution in [3.63, 3.8) is 0 Å². The highest BCUT2D eigenvalue weighted by Gasteiger charge is 2.11. The van der Waals surface area contributed by atoms with Crippen LogP contribution in [0.15, 0.2) is 48.5 Å². The molecule has 0 radical (unpaired) electrons. The third kappa shape index (κ3) is 4.63. The van der Waals surface area contributed by atoms with Crippen LogP contribution in [-0.4, -0.2) is 31.1 Å². The standard InChI is InChI=1S/C16H16ClFN2O2/c1-20(9-10-22-13-5-3-2-4-6-13)16(21)19-15-8-7-12(18)11-14(15)17/h2-8,11H,9-10H2,1H3,(H,19,21). The van der Waals surface area contributed by atoms with Crippen molar-refractivity contribution in [2.45, 2.75) is 0 Å². The van der Waals surface area contributed by atoms with Gasteiger partial charge in [0.05, 0.1) is 17.3 Å². The van der Waals surface area contributed by atoms with E-state index in [-0.39, 0.29) is 11.1 Å². The number of hydrogen-bond acceptors (Lipinski definition) is 2. The number of carbonyl (C=O) groups is 1. The van der Waals surface area contributed by atoms with Gasteiger partial charge in [0.15, 0.2) is 0 Å². The van der Waals surface area contributed by atoms with Crippen LogP contribution < -0.4 is 10.1 Å². The smallest absolute Gasteiger partial charge is 0.321 e. The third-order valence-electron chi connectivity index (χ3n) is 2.96. The second-order valence-electron chi connectivity index (χ2n) is 4.64. The molecule has 0 aromatic heterocycles. The summed E-state index contributed by atoms with van der Waals surface area (Å²) in [4.78, 5) is 13.5. The Morgan fingerprint density at radius 1 is 1.27 bits per heavy atom. The summed E-state index contributed by atoms with van der Waals surface area (Å²) in [5.74, 6) is 0.297. The van der Waals surface area contributed by atoms with Crippen molar-refractivity contribution in [3.8, 4) is 5.75 Å². The van der Waals surface area contributed by atoms with Crippen molar-refractivity contribution in [3.05, 3.63) is 59.4 Å². The second-order valence-corrected chi connectivity index (χ2v) is 5.04. The molecule has 2 aromatic carbocycles. The Labute approximate surface area is 133 Å². The summed E-state index contributed by atoms with van der Waals surface area (Å²) in [5.41, 5.74) is 0.365. The van der Waals surface area contributed by atoms with E-state index in [1.54, 1.807) is 7.05 Å². The number of ether oxygens (including phenoxy) is 1. The van der Waals surface area contributed by atoms with Crippen molar-refractivity contribution in [2.24, 2.45) is 0 Å². The molecule has 0 unspecified atom stereocenters. The first-order chi connectivity index (χ1) is 10.6. The summed E-state index contributed by atoms with van der Waals surface area (Å²) in [6, 6.07) is 12.8. The van der Waals surface area contributed by atoms with Crippen LogP contribution in [-0.2, 0) is 0 Å². The van der Waals surface area contributed by atoms with Gasteiger partial charge in [0.25, 0.3) is 0 Å².